The molecule has 0 unspecified atom stereocenters. The Morgan fingerprint density at radius 3 is 2.69 bits per heavy atom. The predicted molar refractivity (Wildman–Crippen MR) is 124 cm³/mol. The molecule has 1 aromatic heterocycles. The first-order chi connectivity index (χ1) is 15.4. The topological polar surface area (TPSA) is 34.5 Å². The zero-order chi connectivity index (χ0) is 22.8. The number of rotatable bonds is 6. The third-order valence-electron chi connectivity index (χ3n) is 5.66. The normalized spacial score (nSPS) is 13.8. The van der Waals surface area contributed by atoms with E-state index in [0.29, 0.717) is 12.2 Å². The molecule has 3 aromatic rings. The zero-order valence-corrected chi connectivity index (χ0v) is 19.4. The second-order valence-electron chi connectivity index (χ2n) is 7.78. The van der Waals surface area contributed by atoms with Crippen LogP contribution in [0.2, 0.25) is 5.02 Å². The Balaban J connectivity index is 1.53. The summed E-state index contributed by atoms with van der Waals surface area (Å²) in [5.74, 6) is -1.19. The van der Waals surface area contributed by atoms with Crippen LogP contribution in [0.4, 0.5) is 8.78 Å². The van der Waals surface area contributed by atoms with Crippen LogP contribution in [-0.2, 0) is 26.1 Å². The van der Waals surface area contributed by atoms with Gasteiger partial charge in [-0.15, -0.1) is 0 Å². The number of hydrogen-bond donors (Lipinski definition) is 0. The minimum atomic E-state index is -0.709. The molecule has 8 heteroatoms. The van der Waals surface area contributed by atoms with Crippen LogP contribution in [0.25, 0.3) is 0 Å². The van der Waals surface area contributed by atoms with Crippen LogP contribution in [0.3, 0.4) is 0 Å². The minimum Gasteiger partial charge on any atom is -0.487 e. The zero-order valence-electron chi connectivity index (χ0n) is 17.8. The molecule has 1 aliphatic heterocycles. The molecule has 168 valence electrons. The third-order valence-corrected chi connectivity index (χ3v) is 6.84. The Kier molecular flexibility index (Phi) is 6.88. The van der Waals surface area contributed by atoms with Crippen LogP contribution in [0.1, 0.15) is 27.9 Å². The van der Waals surface area contributed by atoms with Gasteiger partial charge in [0.05, 0.1) is 6.54 Å². The number of pyridine rings is 1. The summed E-state index contributed by atoms with van der Waals surface area (Å²) in [5, 5.41) is -0.0632. The number of aryl methyl sites for hydroxylation is 1. The molecule has 0 N–H and O–H groups in total. The van der Waals surface area contributed by atoms with Gasteiger partial charge in [0.2, 0.25) is 0 Å². The van der Waals surface area contributed by atoms with Crippen molar-refractivity contribution in [3.8, 4) is 5.75 Å². The molecule has 0 atom stereocenters. The Morgan fingerprint density at radius 2 is 1.94 bits per heavy atom. The monoisotopic (exact) mass is 476 g/mol. The molecular weight excluding hydrogens is 454 g/mol. The van der Waals surface area contributed by atoms with E-state index in [-0.39, 0.29) is 28.5 Å². The highest BCUT2D eigenvalue weighted by molar-refractivity contribution is 7.96. The molecule has 0 amide bonds. The van der Waals surface area contributed by atoms with Crippen molar-refractivity contribution >= 4 is 23.5 Å². The molecule has 4 nitrogen and oxygen atoms in total. The van der Waals surface area contributed by atoms with Crippen molar-refractivity contribution < 1.29 is 13.5 Å². The largest absolute Gasteiger partial charge is 0.487 e. The fourth-order valence-corrected chi connectivity index (χ4v) is 4.58. The predicted octanol–water partition coefficient (Wildman–Crippen LogP) is 5.35. The van der Waals surface area contributed by atoms with Crippen LogP contribution in [-0.4, -0.2) is 21.7 Å². The average Bonchev–Trinajstić information content (AvgIpc) is 2.78. The van der Waals surface area contributed by atoms with Gasteiger partial charge < -0.3 is 9.30 Å². The second-order valence-corrected chi connectivity index (χ2v) is 9.04. The molecule has 0 fully saturated rings. The van der Waals surface area contributed by atoms with Gasteiger partial charge in [-0.3, -0.25) is 4.79 Å². The summed E-state index contributed by atoms with van der Waals surface area (Å²) < 4.78 is 36.5. The molecule has 0 spiro atoms. The van der Waals surface area contributed by atoms with Gasteiger partial charge in [-0.25, -0.2) is 13.1 Å². The van der Waals surface area contributed by atoms with Gasteiger partial charge >= 0.3 is 0 Å². The van der Waals surface area contributed by atoms with Crippen LogP contribution in [0.5, 0.6) is 5.75 Å². The van der Waals surface area contributed by atoms with Crippen LogP contribution >= 0.6 is 23.5 Å². The van der Waals surface area contributed by atoms with Gasteiger partial charge in [0.25, 0.3) is 5.56 Å². The highest BCUT2D eigenvalue weighted by Gasteiger charge is 2.17. The van der Waals surface area contributed by atoms with E-state index < -0.39 is 11.6 Å². The summed E-state index contributed by atoms with van der Waals surface area (Å²) in [6, 6.07) is 11.3. The molecule has 0 saturated carbocycles. The van der Waals surface area contributed by atoms with Gasteiger partial charge in [-0.05, 0) is 48.4 Å². The lowest BCUT2D eigenvalue weighted by molar-refractivity contribution is 0.298. The minimum absolute atomic E-state index is 0.0632. The smallest absolute Gasteiger partial charge is 0.273 e. The van der Waals surface area contributed by atoms with Crippen LogP contribution in [0, 0.1) is 18.6 Å². The van der Waals surface area contributed by atoms with Crippen molar-refractivity contribution in [2.75, 3.05) is 12.8 Å². The first-order valence-electron chi connectivity index (χ1n) is 10.2. The van der Waals surface area contributed by atoms with Gasteiger partial charge in [0, 0.05) is 36.5 Å². The second kappa shape index (κ2) is 9.65. The quantitative estimate of drug-likeness (QED) is 0.449. The van der Waals surface area contributed by atoms with Crippen LogP contribution in [0.15, 0.2) is 47.3 Å². The summed E-state index contributed by atoms with van der Waals surface area (Å²) in [6.07, 6.45) is 3.06. The number of hydrogen-bond acceptors (Lipinski definition) is 4. The van der Waals surface area contributed by atoms with E-state index in [2.05, 4.69) is 22.7 Å². The average molecular weight is 477 g/mol. The fourth-order valence-electron chi connectivity index (χ4n) is 3.83. The first-order valence-corrected chi connectivity index (χ1v) is 11.8. The Hall–Kier alpha value is -2.35. The maximum Gasteiger partial charge on any atom is 0.273 e. The third kappa shape index (κ3) is 4.85. The molecule has 1 aliphatic rings. The first kappa shape index (κ1) is 22.8. The summed E-state index contributed by atoms with van der Waals surface area (Å²) in [7, 11) is 0. The molecule has 0 saturated heterocycles. The summed E-state index contributed by atoms with van der Waals surface area (Å²) >= 11 is 8.05. The Labute approximate surface area is 194 Å². The number of halogens is 3. The Morgan fingerprint density at radius 1 is 1.12 bits per heavy atom. The van der Waals surface area contributed by atoms with Crippen molar-refractivity contribution in [2.24, 2.45) is 0 Å². The van der Waals surface area contributed by atoms with Crippen molar-refractivity contribution in [3.05, 3.63) is 97.4 Å². The fraction of sp³-hybridized carbons (Fsp3) is 0.292. The van der Waals surface area contributed by atoms with Crippen molar-refractivity contribution in [1.82, 2.24) is 8.87 Å². The Bertz CT molecular complexity index is 1220. The lowest BCUT2D eigenvalue weighted by Crippen LogP contribution is -2.26. The van der Waals surface area contributed by atoms with Gasteiger partial charge in [-0.1, -0.05) is 41.7 Å². The van der Waals surface area contributed by atoms with Gasteiger partial charge in [-0.2, -0.15) is 0 Å². The molecule has 2 aromatic carbocycles. The van der Waals surface area contributed by atoms with E-state index in [4.69, 9.17) is 16.3 Å². The molecule has 4 rings (SSSR count). The molecular formula is C24H23ClF2N2O2S. The van der Waals surface area contributed by atoms with E-state index in [1.165, 1.54) is 17.2 Å². The summed E-state index contributed by atoms with van der Waals surface area (Å²) in [6.45, 7) is 3.96. The molecule has 0 aliphatic carbocycles. The molecule has 0 radical (unpaired) electrons. The van der Waals surface area contributed by atoms with E-state index in [0.717, 1.165) is 37.2 Å². The lowest BCUT2D eigenvalue weighted by Gasteiger charge is -2.27. The maximum absolute atomic E-state index is 13.9. The van der Waals surface area contributed by atoms with Gasteiger partial charge in [0.1, 0.15) is 29.0 Å². The number of aromatic nitrogens is 1. The van der Waals surface area contributed by atoms with Crippen molar-refractivity contribution in [2.45, 2.75) is 33.0 Å². The van der Waals surface area contributed by atoms with E-state index in [9.17, 15) is 13.6 Å². The standard InChI is InChI=1S/C24H23ClF2N2O2S/c1-15-9-22(31-14-19-5-6-20(26)11-21(19)27)23(25)24(30)29(15)12-16-3-4-18-13-28(32-2)8-7-17(18)10-16/h3-6,9-11H,7-8,12-14H2,1-2H3. The lowest BCUT2D eigenvalue weighted by atomic mass is 9.98. The van der Waals surface area contributed by atoms with Crippen LogP contribution < -0.4 is 10.3 Å². The number of ether oxygens (including phenoxy) is 1. The highest BCUT2D eigenvalue weighted by Crippen LogP contribution is 2.26. The summed E-state index contributed by atoms with van der Waals surface area (Å²) in [4.78, 5) is 12.9. The van der Waals surface area contributed by atoms with E-state index in [1.54, 1.807) is 29.5 Å². The molecule has 2 heterocycles. The number of nitrogens with zero attached hydrogens (tertiary/aromatic N) is 2. The van der Waals surface area contributed by atoms with Crippen molar-refractivity contribution in [3.63, 3.8) is 0 Å². The van der Waals surface area contributed by atoms with E-state index in [1.807, 2.05) is 6.07 Å². The van der Waals surface area contributed by atoms with E-state index >= 15 is 0 Å². The number of fused-ring (bicyclic) bond motifs is 1. The molecule has 0 bridgehead atoms. The molecule has 32 heavy (non-hydrogen) atoms. The summed E-state index contributed by atoms with van der Waals surface area (Å²) in [5.41, 5.74) is 4.15. The maximum atomic E-state index is 13.9. The van der Waals surface area contributed by atoms with Crippen molar-refractivity contribution in [1.29, 1.82) is 0 Å². The number of benzene rings is 2. The SMILES string of the molecule is CSN1CCc2cc(Cn3c(C)cc(OCc4ccc(F)cc4F)c(Cl)c3=O)ccc2C1. The van der Waals surface area contributed by atoms with Gasteiger partial charge in [0.15, 0.2) is 0 Å². The highest BCUT2D eigenvalue weighted by atomic mass is 35.5.